The highest BCUT2D eigenvalue weighted by atomic mass is 16.6. The summed E-state index contributed by atoms with van der Waals surface area (Å²) in [5.74, 6) is 0.782. The molecule has 0 spiro atoms. The van der Waals surface area contributed by atoms with Gasteiger partial charge in [-0.3, -0.25) is 10.1 Å². The molecule has 6 heteroatoms. The van der Waals surface area contributed by atoms with Crippen LogP contribution in [0.25, 0.3) is 10.9 Å². The molecule has 0 aliphatic carbocycles. The Morgan fingerprint density at radius 1 is 1.40 bits per heavy atom. The van der Waals surface area contributed by atoms with Gasteiger partial charge in [0.15, 0.2) is 0 Å². The Morgan fingerprint density at radius 2 is 2.20 bits per heavy atom. The van der Waals surface area contributed by atoms with E-state index in [1.54, 1.807) is 6.07 Å². The van der Waals surface area contributed by atoms with E-state index in [4.69, 9.17) is 5.26 Å². The quantitative estimate of drug-likeness (QED) is 0.616. The maximum atomic E-state index is 10.7. The van der Waals surface area contributed by atoms with Crippen molar-refractivity contribution in [3.63, 3.8) is 0 Å². The Kier molecular flexibility index (Phi) is 4.11. The van der Waals surface area contributed by atoms with Gasteiger partial charge in [0, 0.05) is 30.6 Å². The molecule has 0 unspecified atom stereocenters. The second-order valence-electron chi connectivity index (χ2n) is 4.29. The Morgan fingerprint density at radius 3 is 2.85 bits per heavy atom. The minimum atomic E-state index is -0.418. The number of benzene rings is 1. The summed E-state index contributed by atoms with van der Waals surface area (Å²) in [6.45, 7) is 3.38. The molecule has 1 heterocycles. The summed E-state index contributed by atoms with van der Waals surface area (Å²) in [5.41, 5.74) is 0.771. The van der Waals surface area contributed by atoms with Crippen LogP contribution >= 0.6 is 0 Å². The molecule has 6 nitrogen and oxygen atoms in total. The fourth-order valence-electron chi connectivity index (χ4n) is 2.01. The van der Waals surface area contributed by atoms with E-state index in [1.165, 1.54) is 12.1 Å². The Hall–Kier alpha value is -2.68. The van der Waals surface area contributed by atoms with Gasteiger partial charge in [-0.2, -0.15) is 5.26 Å². The van der Waals surface area contributed by atoms with Crippen LogP contribution in [0.5, 0.6) is 0 Å². The minimum absolute atomic E-state index is 0.0591. The van der Waals surface area contributed by atoms with E-state index in [2.05, 4.69) is 11.1 Å². The van der Waals surface area contributed by atoms with Crippen LogP contribution in [0.3, 0.4) is 0 Å². The van der Waals surface area contributed by atoms with Crippen LogP contribution in [-0.4, -0.2) is 23.0 Å². The predicted molar refractivity (Wildman–Crippen MR) is 76.5 cm³/mol. The molecule has 0 aliphatic rings. The van der Waals surface area contributed by atoms with Crippen molar-refractivity contribution in [2.24, 2.45) is 0 Å². The van der Waals surface area contributed by atoms with Crippen molar-refractivity contribution in [1.82, 2.24) is 4.98 Å². The number of pyridine rings is 1. The number of nitriles is 1. The van der Waals surface area contributed by atoms with Gasteiger partial charge in [0.25, 0.3) is 5.69 Å². The third-order valence-corrected chi connectivity index (χ3v) is 3.07. The molecule has 1 aromatic carbocycles. The van der Waals surface area contributed by atoms with Crippen molar-refractivity contribution in [2.75, 3.05) is 18.0 Å². The number of hydrogen-bond acceptors (Lipinski definition) is 5. The second-order valence-corrected chi connectivity index (χ2v) is 4.29. The van der Waals surface area contributed by atoms with Crippen LogP contribution in [0.15, 0.2) is 30.3 Å². The Labute approximate surface area is 116 Å². The average Bonchev–Trinajstić information content (AvgIpc) is 2.47. The van der Waals surface area contributed by atoms with Gasteiger partial charge in [-0.25, -0.2) is 4.98 Å². The molecule has 0 N–H and O–H groups in total. The van der Waals surface area contributed by atoms with Crippen LogP contribution in [0.4, 0.5) is 11.5 Å². The first-order valence-corrected chi connectivity index (χ1v) is 6.33. The third-order valence-electron chi connectivity index (χ3n) is 3.07. The maximum Gasteiger partial charge on any atom is 0.270 e. The highest BCUT2D eigenvalue weighted by molar-refractivity contribution is 5.82. The van der Waals surface area contributed by atoms with E-state index in [0.717, 1.165) is 17.7 Å². The van der Waals surface area contributed by atoms with E-state index in [-0.39, 0.29) is 5.69 Å². The summed E-state index contributed by atoms with van der Waals surface area (Å²) in [6, 6.07) is 10.4. The van der Waals surface area contributed by atoms with Crippen molar-refractivity contribution in [2.45, 2.75) is 13.3 Å². The molecule has 102 valence electrons. The SMILES string of the molecule is CCN(CCC#N)c1ccc2cc([N+](=O)[O-])ccc2n1. The highest BCUT2D eigenvalue weighted by Crippen LogP contribution is 2.22. The molecular formula is C14H14N4O2. The number of hydrogen-bond donors (Lipinski definition) is 0. The lowest BCUT2D eigenvalue weighted by atomic mass is 10.2. The highest BCUT2D eigenvalue weighted by Gasteiger charge is 2.09. The van der Waals surface area contributed by atoms with Gasteiger partial charge in [0.2, 0.25) is 0 Å². The molecule has 1 aromatic heterocycles. The Bertz CT molecular complexity index is 678. The molecular weight excluding hydrogens is 256 g/mol. The van der Waals surface area contributed by atoms with Gasteiger partial charge in [0.05, 0.1) is 22.9 Å². The van der Waals surface area contributed by atoms with Gasteiger partial charge < -0.3 is 4.90 Å². The van der Waals surface area contributed by atoms with E-state index in [0.29, 0.717) is 18.5 Å². The number of nitro groups is 1. The first kappa shape index (κ1) is 13.7. The lowest BCUT2D eigenvalue weighted by Gasteiger charge is -2.20. The number of fused-ring (bicyclic) bond motifs is 1. The number of nitro benzene ring substituents is 1. The first-order chi connectivity index (χ1) is 9.65. The fourth-order valence-corrected chi connectivity index (χ4v) is 2.01. The fraction of sp³-hybridized carbons (Fsp3) is 0.286. The van der Waals surface area contributed by atoms with Crippen LogP contribution in [0.1, 0.15) is 13.3 Å². The molecule has 0 saturated heterocycles. The topological polar surface area (TPSA) is 83.1 Å². The summed E-state index contributed by atoms with van der Waals surface area (Å²) in [5, 5.41) is 20.1. The van der Waals surface area contributed by atoms with Gasteiger partial charge in [0.1, 0.15) is 5.82 Å². The zero-order valence-corrected chi connectivity index (χ0v) is 11.1. The minimum Gasteiger partial charge on any atom is -0.356 e. The lowest BCUT2D eigenvalue weighted by molar-refractivity contribution is -0.384. The summed E-state index contributed by atoms with van der Waals surface area (Å²) in [4.78, 5) is 16.8. The van der Waals surface area contributed by atoms with Crippen molar-refractivity contribution in [3.8, 4) is 6.07 Å². The monoisotopic (exact) mass is 270 g/mol. The maximum absolute atomic E-state index is 10.7. The molecule has 2 aromatic rings. The Balaban J connectivity index is 2.36. The van der Waals surface area contributed by atoms with Crippen molar-refractivity contribution in [1.29, 1.82) is 5.26 Å². The van der Waals surface area contributed by atoms with Gasteiger partial charge in [-0.15, -0.1) is 0 Å². The molecule has 2 rings (SSSR count). The molecule has 0 atom stereocenters. The lowest BCUT2D eigenvalue weighted by Crippen LogP contribution is -2.24. The van der Waals surface area contributed by atoms with E-state index in [1.807, 2.05) is 24.0 Å². The van der Waals surface area contributed by atoms with Crippen LogP contribution < -0.4 is 4.90 Å². The molecule has 0 saturated carbocycles. The van der Waals surface area contributed by atoms with E-state index < -0.39 is 4.92 Å². The van der Waals surface area contributed by atoms with Crippen LogP contribution in [0.2, 0.25) is 0 Å². The molecule has 20 heavy (non-hydrogen) atoms. The van der Waals surface area contributed by atoms with Crippen molar-refractivity contribution >= 4 is 22.4 Å². The smallest absolute Gasteiger partial charge is 0.270 e. The normalized spacial score (nSPS) is 10.2. The third kappa shape index (κ3) is 2.83. The number of rotatable bonds is 5. The van der Waals surface area contributed by atoms with Gasteiger partial charge in [-0.1, -0.05) is 0 Å². The predicted octanol–water partition coefficient (Wildman–Crippen LogP) is 2.88. The zero-order valence-electron chi connectivity index (χ0n) is 11.1. The number of anilines is 1. The number of nitrogens with zero attached hydrogens (tertiary/aromatic N) is 4. The first-order valence-electron chi connectivity index (χ1n) is 6.33. The zero-order chi connectivity index (χ0) is 14.5. The van der Waals surface area contributed by atoms with Crippen LogP contribution in [-0.2, 0) is 0 Å². The summed E-state index contributed by atoms with van der Waals surface area (Å²) < 4.78 is 0. The number of aromatic nitrogens is 1. The summed E-state index contributed by atoms with van der Waals surface area (Å²) in [7, 11) is 0. The van der Waals surface area contributed by atoms with Crippen molar-refractivity contribution < 1.29 is 4.92 Å². The summed E-state index contributed by atoms with van der Waals surface area (Å²) >= 11 is 0. The molecule has 0 amide bonds. The van der Waals surface area contributed by atoms with Gasteiger partial charge in [-0.05, 0) is 25.1 Å². The molecule has 0 aliphatic heterocycles. The van der Waals surface area contributed by atoms with Crippen molar-refractivity contribution in [3.05, 3.63) is 40.4 Å². The van der Waals surface area contributed by atoms with Gasteiger partial charge >= 0.3 is 0 Å². The molecule has 0 radical (unpaired) electrons. The molecule has 0 fully saturated rings. The van der Waals surface area contributed by atoms with Crippen LogP contribution in [0, 0.1) is 21.4 Å². The van der Waals surface area contributed by atoms with E-state index in [9.17, 15) is 10.1 Å². The standard InChI is InChI=1S/C14H14N4O2/c1-2-17(9-3-8-15)14-7-4-11-10-12(18(19)20)5-6-13(11)16-14/h4-7,10H,2-3,9H2,1H3. The number of non-ortho nitro benzene ring substituents is 1. The second kappa shape index (κ2) is 5.97. The largest absolute Gasteiger partial charge is 0.356 e. The average molecular weight is 270 g/mol. The summed E-state index contributed by atoms with van der Waals surface area (Å²) in [6.07, 6.45) is 0.438. The van der Waals surface area contributed by atoms with E-state index >= 15 is 0 Å². The molecule has 0 bridgehead atoms.